The quantitative estimate of drug-likeness (QED) is 0.466. The minimum absolute atomic E-state index is 0.0348. The average molecular weight is 276 g/mol. The number of fused-ring (bicyclic) bond motifs is 1. The second-order valence-corrected chi connectivity index (χ2v) is 3.89. The molecular weight excluding hydrogens is 273 g/mol. The maximum atomic E-state index is 11.1. The highest BCUT2D eigenvalue weighted by molar-refractivity contribution is 6.41. The van der Waals surface area contributed by atoms with E-state index in [0.29, 0.717) is 0 Å². The summed E-state index contributed by atoms with van der Waals surface area (Å²) in [6.45, 7) is 0. The summed E-state index contributed by atoms with van der Waals surface area (Å²) < 4.78 is 0. The van der Waals surface area contributed by atoms with Crippen LogP contribution in [0.1, 0.15) is 0 Å². The van der Waals surface area contributed by atoms with E-state index in [2.05, 4.69) is 9.97 Å². The van der Waals surface area contributed by atoms with Crippen molar-refractivity contribution in [2.45, 2.75) is 0 Å². The van der Waals surface area contributed by atoms with Crippen LogP contribution in [0.3, 0.4) is 0 Å². The Morgan fingerprint density at radius 3 is 2.35 bits per heavy atom. The molecular formula is C8H3Cl2N3O4. The van der Waals surface area contributed by atoms with E-state index >= 15 is 0 Å². The first-order chi connectivity index (χ1) is 7.91. The van der Waals surface area contributed by atoms with Crippen LogP contribution < -0.4 is 11.1 Å². The molecule has 0 amide bonds. The van der Waals surface area contributed by atoms with Crippen LogP contribution in [-0.2, 0) is 0 Å². The lowest BCUT2D eigenvalue weighted by atomic mass is 10.2. The second kappa shape index (κ2) is 3.86. The van der Waals surface area contributed by atoms with Crippen molar-refractivity contribution in [3.63, 3.8) is 0 Å². The first kappa shape index (κ1) is 11.6. The summed E-state index contributed by atoms with van der Waals surface area (Å²) in [6.07, 6.45) is 0. The van der Waals surface area contributed by atoms with Crippen molar-refractivity contribution in [1.82, 2.24) is 9.97 Å². The molecule has 9 heteroatoms. The molecule has 0 saturated carbocycles. The lowest BCUT2D eigenvalue weighted by molar-refractivity contribution is -0.384. The lowest BCUT2D eigenvalue weighted by Gasteiger charge is -2.02. The molecule has 0 unspecified atom stereocenters. The molecule has 7 nitrogen and oxygen atoms in total. The van der Waals surface area contributed by atoms with Gasteiger partial charge in [-0.3, -0.25) is 19.7 Å². The third-order valence-corrected chi connectivity index (χ3v) is 2.73. The second-order valence-electron chi connectivity index (χ2n) is 3.11. The number of halogens is 2. The predicted molar refractivity (Wildman–Crippen MR) is 61.9 cm³/mol. The predicted octanol–water partition coefficient (Wildman–Crippen LogP) is 1.43. The average Bonchev–Trinajstić information content (AvgIpc) is 2.21. The number of hydrogen-bond donors (Lipinski definition) is 2. The van der Waals surface area contributed by atoms with Gasteiger partial charge in [0.2, 0.25) is 0 Å². The Morgan fingerprint density at radius 2 is 1.76 bits per heavy atom. The topological polar surface area (TPSA) is 109 Å². The van der Waals surface area contributed by atoms with Gasteiger partial charge in [0.05, 0.1) is 16.0 Å². The van der Waals surface area contributed by atoms with Crippen LogP contribution in [0.15, 0.2) is 15.7 Å². The summed E-state index contributed by atoms with van der Waals surface area (Å²) in [5, 5.41) is 10.2. The zero-order chi connectivity index (χ0) is 12.7. The van der Waals surface area contributed by atoms with Gasteiger partial charge >= 0.3 is 16.8 Å². The largest absolute Gasteiger partial charge is 0.316 e. The molecule has 0 fully saturated rings. The molecule has 0 aliphatic carbocycles. The fourth-order valence-corrected chi connectivity index (χ4v) is 1.99. The van der Waals surface area contributed by atoms with E-state index in [1.807, 2.05) is 0 Å². The summed E-state index contributed by atoms with van der Waals surface area (Å²) in [7, 11) is 0. The molecule has 0 saturated heterocycles. The maximum Gasteiger partial charge on any atom is 0.314 e. The van der Waals surface area contributed by atoms with Crippen LogP contribution >= 0.6 is 23.2 Å². The van der Waals surface area contributed by atoms with Gasteiger partial charge in [0.1, 0.15) is 10.0 Å². The minimum Gasteiger partial charge on any atom is -0.316 e. The van der Waals surface area contributed by atoms with Crippen molar-refractivity contribution in [3.8, 4) is 0 Å². The standard InChI is InChI=1S/C8H3Cl2N3O4/c9-2-1-3-5(4(10)6(2)13(16)17)12-8(15)7(14)11-3/h1H,(H,11,14)(H,12,15). The first-order valence-electron chi connectivity index (χ1n) is 4.20. The Kier molecular flexibility index (Phi) is 2.64. The Hall–Kier alpha value is -1.86. The summed E-state index contributed by atoms with van der Waals surface area (Å²) >= 11 is 11.4. The molecule has 0 atom stereocenters. The van der Waals surface area contributed by atoms with Crippen LogP contribution in [0.5, 0.6) is 0 Å². The van der Waals surface area contributed by atoms with E-state index in [0.717, 1.165) is 6.07 Å². The fourth-order valence-electron chi connectivity index (χ4n) is 1.35. The zero-order valence-corrected chi connectivity index (χ0v) is 9.43. The van der Waals surface area contributed by atoms with Gasteiger partial charge in [0.15, 0.2) is 0 Å². The molecule has 2 rings (SSSR count). The number of rotatable bonds is 1. The van der Waals surface area contributed by atoms with Crippen molar-refractivity contribution < 1.29 is 4.92 Å². The normalized spacial score (nSPS) is 10.7. The van der Waals surface area contributed by atoms with Gasteiger partial charge in [-0.25, -0.2) is 0 Å². The van der Waals surface area contributed by atoms with Crippen LogP contribution in [0.25, 0.3) is 11.0 Å². The van der Waals surface area contributed by atoms with E-state index in [4.69, 9.17) is 23.2 Å². The first-order valence-corrected chi connectivity index (χ1v) is 4.96. The maximum absolute atomic E-state index is 11.1. The molecule has 1 aromatic carbocycles. The van der Waals surface area contributed by atoms with Crippen LogP contribution in [0.4, 0.5) is 5.69 Å². The molecule has 2 N–H and O–H groups in total. The van der Waals surface area contributed by atoms with Gasteiger partial charge in [0, 0.05) is 0 Å². The molecule has 1 aromatic heterocycles. The Labute approximate surface area is 102 Å². The Balaban J connectivity index is 3.02. The summed E-state index contributed by atoms with van der Waals surface area (Å²) in [5.41, 5.74) is -2.28. The number of nitro groups is 1. The molecule has 88 valence electrons. The van der Waals surface area contributed by atoms with Gasteiger partial charge in [-0.05, 0) is 6.07 Å². The number of nitro benzene ring substituents is 1. The molecule has 0 radical (unpaired) electrons. The molecule has 0 aliphatic heterocycles. The highest BCUT2D eigenvalue weighted by Crippen LogP contribution is 2.36. The van der Waals surface area contributed by atoms with Gasteiger partial charge in [-0.1, -0.05) is 23.2 Å². The monoisotopic (exact) mass is 275 g/mol. The van der Waals surface area contributed by atoms with Gasteiger partial charge < -0.3 is 9.97 Å². The third kappa shape index (κ3) is 1.79. The van der Waals surface area contributed by atoms with Crippen molar-refractivity contribution in [2.75, 3.05) is 0 Å². The summed E-state index contributed by atoms with van der Waals surface area (Å²) in [6, 6.07) is 1.15. The van der Waals surface area contributed by atoms with E-state index in [1.54, 1.807) is 0 Å². The zero-order valence-electron chi connectivity index (χ0n) is 7.91. The highest BCUT2D eigenvalue weighted by atomic mass is 35.5. The number of aromatic amines is 2. The van der Waals surface area contributed by atoms with Crippen molar-refractivity contribution in [2.24, 2.45) is 0 Å². The number of aromatic nitrogens is 2. The smallest absolute Gasteiger partial charge is 0.314 e. The Morgan fingerprint density at radius 1 is 1.18 bits per heavy atom. The van der Waals surface area contributed by atoms with Gasteiger partial charge in [-0.15, -0.1) is 0 Å². The number of nitrogens with one attached hydrogen (secondary N) is 2. The summed E-state index contributed by atoms with van der Waals surface area (Å²) in [4.78, 5) is 36.5. The SMILES string of the molecule is O=c1[nH]c2cc(Cl)c([N+](=O)[O-])c(Cl)c2[nH]c1=O. The highest BCUT2D eigenvalue weighted by Gasteiger charge is 2.22. The molecule has 0 spiro atoms. The molecule has 0 aliphatic rings. The number of nitrogens with zero attached hydrogens (tertiary/aromatic N) is 1. The van der Waals surface area contributed by atoms with Crippen LogP contribution in [0.2, 0.25) is 10.0 Å². The van der Waals surface area contributed by atoms with Crippen molar-refractivity contribution in [1.29, 1.82) is 0 Å². The van der Waals surface area contributed by atoms with E-state index in [9.17, 15) is 19.7 Å². The molecule has 17 heavy (non-hydrogen) atoms. The third-order valence-electron chi connectivity index (χ3n) is 2.07. The van der Waals surface area contributed by atoms with Crippen molar-refractivity contribution in [3.05, 3.63) is 46.9 Å². The van der Waals surface area contributed by atoms with E-state index < -0.39 is 21.7 Å². The number of hydrogen-bond acceptors (Lipinski definition) is 4. The van der Waals surface area contributed by atoms with E-state index in [-0.39, 0.29) is 21.1 Å². The number of H-pyrrole nitrogens is 2. The minimum atomic E-state index is -0.948. The molecule has 2 aromatic rings. The number of benzene rings is 1. The fraction of sp³-hybridized carbons (Fsp3) is 0. The molecule has 0 bridgehead atoms. The molecule has 1 heterocycles. The van der Waals surface area contributed by atoms with Gasteiger partial charge in [0.25, 0.3) is 0 Å². The van der Waals surface area contributed by atoms with Crippen LogP contribution in [0, 0.1) is 10.1 Å². The summed E-state index contributed by atoms with van der Waals surface area (Å²) in [5.74, 6) is 0. The Bertz CT molecular complexity index is 749. The lowest BCUT2D eigenvalue weighted by Crippen LogP contribution is -2.29. The van der Waals surface area contributed by atoms with E-state index in [1.165, 1.54) is 0 Å². The van der Waals surface area contributed by atoms with Gasteiger partial charge in [-0.2, -0.15) is 0 Å². The van der Waals surface area contributed by atoms with Crippen LogP contribution in [-0.4, -0.2) is 14.9 Å². The van der Waals surface area contributed by atoms with Crippen molar-refractivity contribution >= 4 is 39.9 Å².